The lowest BCUT2D eigenvalue weighted by atomic mass is 9.89. The van der Waals surface area contributed by atoms with Crippen molar-refractivity contribution in [2.75, 3.05) is 19.8 Å². The maximum Gasteiger partial charge on any atom is 0.200 e. The highest BCUT2D eigenvalue weighted by Crippen LogP contribution is 2.41. The molecule has 0 spiro atoms. The van der Waals surface area contributed by atoms with Gasteiger partial charge in [-0.2, -0.15) is 0 Å². The second-order valence-electron chi connectivity index (χ2n) is 9.45. The van der Waals surface area contributed by atoms with Gasteiger partial charge in [0.15, 0.2) is 12.6 Å². The van der Waals surface area contributed by atoms with E-state index in [0.29, 0.717) is 0 Å². The number of hydrogen-bond donors (Lipinski definition) is 11. The van der Waals surface area contributed by atoms with Crippen LogP contribution in [0.1, 0.15) is 19.8 Å². The zero-order valence-electron chi connectivity index (χ0n) is 20.1. The van der Waals surface area contributed by atoms with E-state index in [2.05, 4.69) is 0 Å². The maximum atomic E-state index is 11.0. The second-order valence-corrected chi connectivity index (χ2v) is 9.45. The van der Waals surface area contributed by atoms with Gasteiger partial charge in [-0.05, 0) is 0 Å². The van der Waals surface area contributed by atoms with Crippen molar-refractivity contribution in [2.24, 2.45) is 0 Å². The van der Waals surface area contributed by atoms with Crippen LogP contribution in [-0.2, 0) is 23.7 Å². The van der Waals surface area contributed by atoms with Crippen LogP contribution in [0.5, 0.6) is 0 Å². The Morgan fingerprint density at radius 2 is 1.05 bits per heavy atom. The smallest absolute Gasteiger partial charge is 0.200 e. The van der Waals surface area contributed by atoms with Gasteiger partial charge in [-0.15, -0.1) is 0 Å². The molecule has 0 aromatic carbocycles. The van der Waals surface area contributed by atoms with Crippen molar-refractivity contribution in [1.82, 2.24) is 0 Å². The molecule has 3 fully saturated rings. The minimum atomic E-state index is -2.17. The average molecular weight is 547 g/mol. The molecule has 3 saturated heterocycles. The lowest BCUT2D eigenvalue weighted by Gasteiger charge is -2.53. The summed E-state index contributed by atoms with van der Waals surface area (Å²) in [6.45, 7) is -0.671. The van der Waals surface area contributed by atoms with Crippen molar-refractivity contribution in [1.29, 1.82) is 0 Å². The van der Waals surface area contributed by atoms with Crippen molar-refractivity contribution in [2.45, 2.75) is 111 Å². The highest BCUT2D eigenvalue weighted by molar-refractivity contribution is 5.01. The van der Waals surface area contributed by atoms with E-state index in [1.807, 2.05) is 0 Å². The van der Waals surface area contributed by atoms with Crippen LogP contribution in [-0.4, -0.2) is 168 Å². The highest BCUT2D eigenvalue weighted by atomic mass is 16.8. The minimum Gasteiger partial charge on any atom is -0.394 e. The van der Waals surface area contributed by atoms with Gasteiger partial charge >= 0.3 is 0 Å². The molecule has 3 rings (SSSR count). The first-order chi connectivity index (χ1) is 17.5. The molecule has 11 N–H and O–H groups in total. The summed E-state index contributed by atoms with van der Waals surface area (Å²) in [4.78, 5) is 0. The van der Waals surface area contributed by atoms with Crippen LogP contribution in [0.3, 0.4) is 0 Å². The molecule has 3 heterocycles. The standard InChI is InChI=1S/C21H38O16/c1-2-3-21(37-20-17(32)14(29)11(26)8(5-23)34-20)18(15(30)12(27)9(6-24)36-21)35-19-16(31)13(28)10(25)7(4-22)33-19/h7-20,22-32H,2-6H2,1H3/t7-,8-,9-,10+,11+,12+,13+,14+,15+,16-,17-,18-,19+,20+,21-/m1/s1. The van der Waals surface area contributed by atoms with Crippen LogP contribution in [0.15, 0.2) is 0 Å². The van der Waals surface area contributed by atoms with Gasteiger partial charge in [0.25, 0.3) is 0 Å². The molecule has 3 aliphatic heterocycles. The Balaban J connectivity index is 1.97. The summed E-state index contributed by atoms with van der Waals surface area (Å²) in [5, 5.41) is 112. The molecule has 0 aliphatic carbocycles. The van der Waals surface area contributed by atoms with Crippen molar-refractivity contribution in [3.05, 3.63) is 0 Å². The summed E-state index contributed by atoms with van der Waals surface area (Å²) < 4.78 is 28.2. The van der Waals surface area contributed by atoms with Gasteiger partial charge < -0.3 is 79.9 Å². The third-order valence-corrected chi connectivity index (χ3v) is 6.90. The highest BCUT2D eigenvalue weighted by Gasteiger charge is 2.60. The zero-order valence-corrected chi connectivity index (χ0v) is 20.1. The van der Waals surface area contributed by atoms with Crippen molar-refractivity contribution >= 4 is 0 Å². The largest absolute Gasteiger partial charge is 0.394 e. The van der Waals surface area contributed by atoms with Crippen LogP contribution < -0.4 is 0 Å². The fourth-order valence-electron chi connectivity index (χ4n) is 4.77. The molecule has 16 heteroatoms. The molecule has 0 unspecified atom stereocenters. The van der Waals surface area contributed by atoms with E-state index in [0.717, 1.165) is 0 Å². The van der Waals surface area contributed by atoms with E-state index in [9.17, 15) is 56.2 Å². The molecule has 218 valence electrons. The number of aliphatic hydroxyl groups excluding tert-OH is 11. The SMILES string of the molecule is CCC[C@]1(O[C@@H]2O[C@H](CO)[C@H](O)[C@H](O)[C@H]2O)O[C@H](CO)[C@H](O)[C@H](O)[C@H]1O[C@@H]1O[C@H](CO)[C@H](O)[C@H](O)[C@H]1O. The molecule has 0 amide bonds. The van der Waals surface area contributed by atoms with Gasteiger partial charge in [0.2, 0.25) is 5.79 Å². The number of hydrogen-bond acceptors (Lipinski definition) is 16. The number of aliphatic hydroxyl groups is 11. The Labute approximate surface area is 211 Å². The molecular formula is C21H38O16. The minimum absolute atomic E-state index is 0.162. The third kappa shape index (κ3) is 5.94. The van der Waals surface area contributed by atoms with Gasteiger partial charge in [-0.3, -0.25) is 0 Å². The van der Waals surface area contributed by atoms with Crippen LogP contribution in [0.2, 0.25) is 0 Å². The van der Waals surface area contributed by atoms with Crippen LogP contribution in [0, 0.1) is 0 Å². The van der Waals surface area contributed by atoms with Crippen LogP contribution in [0.4, 0.5) is 0 Å². The van der Waals surface area contributed by atoms with Crippen molar-refractivity contribution in [3.8, 4) is 0 Å². The van der Waals surface area contributed by atoms with E-state index in [1.165, 1.54) is 0 Å². The topological polar surface area (TPSA) is 269 Å². The fraction of sp³-hybridized carbons (Fsp3) is 1.00. The van der Waals surface area contributed by atoms with E-state index >= 15 is 0 Å². The van der Waals surface area contributed by atoms with E-state index < -0.39 is 111 Å². The van der Waals surface area contributed by atoms with Crippen LogP contribution >= 0.6 is 0 Å². The predicted octanol–water partition coefficient (Wildman–Crippen LogP) is -6.40. The Hall–Kier alpha value is -0.640. The Bertz CT molecular complexity index is 712. The fourth-order valence-corrected chi connectivity index (χ4v) is 4.77. The predicted molar refractivity (Wildman–Crippen MR) is 115 cm³/mol. The van der Waals surface area contributed by atoms with Gasteiger partial charge in [0.1, 0.15) is 73.2 Å². The van der Waals surface area contributed by atoms with E-state index in [-0.39, 0.29) is 12.8 Å². The molecule has 0 aromatic rings. The monoisotopic (exact) mass is 546 g/mol. The third-order valence-electron chi connectivity index (χ3n) is 6.90. The Morgan fingerprint density at radius 1 is 0.595 bits per heavy atom. The van der Waals surface area contributed by atoms with Crippen LogP contribution in [0.25, 0.3) is 0 Å². The molecular weight excluding hydrogens is 508 g/mol. The lowest BCUT2D eigenvalue weighted by Crippen LogP contribution is -2.71. The first-order valence-electron chi connectivity index (χ1n) is 12.0. The van der Waals surface area contributed by atoms with Crippen molar-refractivity contribution < 1.29 is 79.9 Å². The molecule has 37 heavy (non-hydrogen) atoms. The van der Waals surface area contributed by atoms with Gasteiger partial charge in [0, 0.05) is 6.42 Å². The van der Waals surface area contributed by atoms with E-state index in [4.69, 9.17) is 23.7 Å². The first-order valence-corrected chi connectivity index (χ1v) is 12.0. The molecule has 0 bridgehead atoms. The first kappa shape index (κ1) is 30.9. The lowest BCUT2D eigenvalue weighted by molar-refractivity contribution is -0.443. The summed E-state index contributed by atoms with van der Waals surface area (Å²) in [5.74, 6) is -2.17. The summed E-state index contributed by atoms with van der Waals surface area (Å²) in [7, 11) is 0. The Kier molecular flexibility index (Phi) is 10.6. The molecule has 0 saturated carbocycles. The van der Waals surface area contributed by atoms with Gasteiger partial charge in [-0.25, -0.2) is 0 Å². The van der Waals surface area contributed by atoms with Gasteiger partial charge in [0.05, 0.1) is 19.8 Å². The normalized spacial score (nSPS) is 51.2. The zero-order chi connectivity index (χ0) is 27.7. The van der Waals surface area contributed by atoms with E-state index in [1.54, 1.807) is 6.92 Å². The maximum absolute atomic E-state index is 11.0. The summed E-state index contributed by atoms with van der Waals surface area (Å²) in [5.41, 5.74) is 0. The second kappa shape index (κ2) is 12.7. The number of ether oxygens (including phenoxy) is 5. The summed E-state index contributed by atoms with van der Waals surface area (Å²) in [6, 6.07) is 0. The molecule has 16 nitrogen and oxygen atoms in total. The molecule has 3 aliphatic rings. The molecule has 15 atom stereocenters. The average Bonchev–Trinajstić information content (AvgIpc) is 2.89. The van der Waals surface area contributed by atoms with Gasteiger partial charge in [-0.1, -0.05) is 13.3 Å². The quantitative estimate of drug-likeness (QED) is 0.128. The molecule has 0 radical (unpaired) electrons. The Morgan fingerprint density at radius 3 is 1.54 bits per heavy atom. The summed E-state index contributed by atoms with van der Waals surface area (Å²) >= 11 is 0. The summed E-state index contributed by atoms with van der Waals surface area (Å²) in [6.07, 6.45) is -24.0. The number of rotatable bonds is 9. The molecule has 0 aromatic heterocycles. The van der Waals surface area contributed by atoms with Crippen molar-refractivity contribution in [3.63, 3.8) is 0 Å².